The first kappa shape index (κ1) is 25.3. The number of nitriles is 1. The van der Waals surface area contributed by atoms with Crippen LogP contribution in [0.4, 0.5) is 10.5 Å². The van der Waals surface area contributed by atoms with E-state index in [0.717, 1.165) is 55.6 Å². The van der Waals surface area contributed by atoms with Crippen molar-refractivity contribution < 1.29 is 4.79 Å². The fraction of sp³-hybridized carbons (Fsp3) is 0.533. The number of hydrogen-bond donors (Lipinski definition) is 1. The predicted octanol–water partition coefficient (Wildman–Crippen LogP) is 6.33. The number of carbonyl (C=O) groups excluding carboxylic acids is 1. The van der Waals surface area contributed by atoms with Gasteiger partial charge in [0.05, 0.1) is 11.6 Å². The van der Waals surface area contributed by atoms with Crippen molar-refractivity contribution >= 4 is 11.7 Å². The van der Waals surface area contributed by atoms with Gasteiger partial charge in [-0.3, -0.25) is 4.90 Å². The summed E-state index contributed by atoms with van der Waals surface area (Å²) in [7, 11) is 0. The summed E-state index contributed by atoms with van der Waals surface area (Å²) in [6.07, 6.45) is 4.26. The van der Waals surface area contributed by atoms with Gasteiger partial charge in [0.1, 0.15) is 0 Å². The Morgan fingerprint density at radius 1 is 1.11 bits per heavy atom. The molecular formula is C30H40N4O. The number of carbonyl (C=O) groups is 1. The first-order chi connectivity index (χ1) is 16.7. The lowest BCUT2D eigenvalue weighted by atomic mass is 9.80. The average molecular weight is 473 g/mol. The Balaban J connectivity index is 1.50. The number of benzene rings is 2. The number of hydrogen-bond acceptors (Lipinski definition) is 3. The summed E-state index contributed by atoms with van der Waals surface area (Å²) in [4.78, 5) is 18.2. The van der Waals surface area contributed by atoms with E-state index in [2.05, 4.69) is 61.0 Å². The van der Waals surface area contributed by atoms with E-state index in [1.165, 1.54) is 5.56 Å². The van der Waals surface area contributed by atoms with E-state index in [9.17, 15) is 10.1 Å². The molecule has 0 aromatic heterocycles. The van der Waals surface area contributed by atoms with Gasteiger partial charge in [-0.25, -0.2) is 4.79 Å². The topological polar surface area (TPSA) is 59.4 Å². The summed E-state index contributed by atoms with van der Waals surface area (Å²) in [5.41, 5.74) is 4.24. The highest BCUT2D eigenvalue weighted by Crippen LogP contribution is 2.62. The summed E-state index contributed by atoms with van der Waals surface area (Å²) in [6.45, 7) is 12.6. The molecule has 186 valence electrons. The minimum Gasteiger partial charge on any atom is -0.320 e. The summed E-state index contributed by atoms with van der Waals surface area (Å²) in [5, 5.41) is 12.5. The molecule has 35 heavy (non-hydrogen) atoms. The molecule has 1 N–H and O–H groups in total. The average Bonchev–Trinajstić information content (AvgIpc) is 3.56. The number of nitrogens with zero attached hydrogens (tertiary/aromatic N) is 3. The molecule has 0 spiro atoms. The standard InChI is InChI=1S/C30H40N4O/c1-21(2)33(22(3)4)14-15-34(29(35)32-27-11-6-8-23(5)16-27)28-12-13-30(19-26(30)18-28)25-10-7-9-24(17-25)20-31/h6-11,16-17,21-22,26,28H,12-15,18-19H2,1-5H3,(H,32,35)/t26?,28-,30-/m1/s1. The summed E-state index contributed by atoms with van der Waals surface area (Å²) >= 11 is 0. The number of urea groups is 1. The van der Waals surface area contributed by atoms with E-state index in [0.29, 0.717) is 18.0 Å². The minimum atomic E-state index is 0.00712. The van der Waals surface area contributed by atoms with Gasteiger partial charge in [0, 0.05) is 36.9 Å². The number of rotatable bonds is 8. The van der Waals surface area contributed by atoms with Crippen molar-refractivity contribution in [2.45, 2.75) is 83.8 Å². The van der Waals surface area contributed by atoms with Crippen LogP contribution in [0.25, 0.3) is 0 Å². The molecule has 1 unspecified atom stereocenters. The second kappa shape index (κ2) is 10.4. The Morgan fingerprint density at radius 3 is 2.51 bits per heavy atom. The van der Waals surface area contributed by atoms with Gasteiger partial charge in [0.2, 0.25) is 0 Å². The summed E-state index contributed by atoms with van der Waals surface area (Å²) in [5.74, 6) is 0.579. The van der Waals surface area contributed by atoms with E-state index in [4.69, 9.17) is 0 Å². The first-order valence-corrected chi connectivity index (χ1v) is 13.1. The van der Waals surface area contributed by atoms with Crippen molar-refractivity contribution in [2.24, 2.45) is 5.92 Å². The molecule has 4 rings (SSSR count). The van der Waals surface area contributed by atoms with Gasteiger partial charge >= 0.3 is 6.03 Å². The van der Waals surface area contributed by atoms with Crippen molar-refractivity contribution in [3.63, 3.8) is 0 Å². The van der Waals surface area contributed by atoms with Crippen molar-refractivity contribution in [3.8, 4) is 6.07 Å². The van der Waals surface area contributed by atoms with Gasteiger partial charge < -0.3 is 10.2 Å². The highest BCUT2D eigenvalue weighted by molar-refractivity contribution is 5.89. The molecule has 0 saturated heterocycles. The van der Waals surface area contributed by atoms with Gasteiger partial charge in [0.25, 0.3) is 0 Å². The van der Waals surface area contributed by atoms with Crippen LogP contribution in [0.5, 0.6) is 0 Å². The predicted molar refractivity (Wildman–Crippen MR) is 142 cm³/mol. The van der Waals surface area contributed by atoms with Crippen LogP contribution in [-0.4, -0.2) is 47.0 Å². The maximum absolute atomic E-state index is 13.6. The Hall–Kier alpha value is -2.84. The van der Waals surface area contributed by atoms with E-state index in [-0.39, 0.29) is 17.5 Å². The molecule has 0 radical (unpaired) electrons. The third-order valence-corrected chi connectivity index (χ3v) is 8.18. The molecule has 2 aliphatic carbocycles. The third kappa shape index (κ3) is 5.54. The largest absolute Gasteiger partial charge is 0.322 e. The lowest BCUT2D eigenvalue weighted by Crippen LogP contribution is -2.50. The molecule has 2 amide bonds. The van der Waals surface area contributed by atoms with E-state index >= 15 is 0 Å². The number of aryl methyl sites for hydroxylation is 1. The second-order valence-corrected chi connectivity index (χ2v) is 11.1. The molecule has 0 aliphatic heterocycles. The van der Waals surface area contributed by atoms with Gasteiger partial charge in [-0.05, 0) is 107 Å². The Bertz CT molecular complexity index is 1080. The molecule has 0 bridgehead atoms. The molecule has 5 nitrogen and oxygen atoms in total. The maximum Gasteiger partial charge on any atom is 0.322 e. The molecule has 2 aromatic rings. The highest BCUT2D eigenvalue weighted by atomic mass is 16.2. The Morgan fingerprint density at radius 2 is 1.86 bits per heavy atom. The van der Waals surface area contributed by atoms with Gasteiger partial charge in [0.15, 0.2) is 0 Å². The van der Waals surface area contributed by atoms with E-state index in [1.807, 2.05) is 43.3 Å². The van der Waals surface area contributed by atoms with Crippen molar-refractivity contribution in [3.05, 3.63) is 65.2 Å². The van der Waals surface area contributed by atoms with Gasteiger partial charge in [-0.2, -0.15) is 5.26 Å². The zero-order chi connectivity index (χ0) is 25.2. The van der Waals surface area contributed by atoms with Crippen LogP contribution in [0.3, 0.4) is 0 Å². The van der Waals surface area contributed by atoms with Crippen LogP contribution in [0.1, 0.15) is 70.1 Å². The number of amides is 2. The zero-order valence-corrected chi connectivity index (χ0v) is 21.9. The van der Waals surface area contributed by atoms with Gasteiger partial charge in [-0.15, -0.1) is 0 Å². The normalized spacial score (nSPS) is 23.2. The molecule has 3 atom stereocenters. The monoisotopic (exact) mass is 472 g/mol. The van der Waals surface area contributed by atoms with Crippen LogP contribution in [-0.2, 0) is 5.41 Å². The molecule has 2 saturated carbocycles. The van der Waals surface area contributed by atoms with E-state index in [1.54, 1.807) is 0 Å². The van der Waals surface area contributed by atoms with Crippen LogP contribution in [0.15, 0.2) is 48.5 Å². The van der Waals surface area contributed by atoms with Crippen LogP contribution in [0.2, 0.25) is 0 Å². The number of nitrogens with one attached hydrogen (secondary N) is 1. The third-order valence-electron chi connectivity index (χ3n) is 8.18. The summed E-state index contributed by atoms with van der Waals surface area (Å²) < 4.78 is 0. The smallest absolute Gasteiger partial charge is 0.320 e. The Kier molecular flexibility index (Phi) is 7.52. The number of anilines is 1. The van der Waals surface area contributed by atoms with Crippen molar-refractivity contribution in [1.29, 1.82) is 5.26 Å². The molecular weight excluding hydrogens is 432 g/mol. The molecule has 5 heteroatoms. The molecule has 2 fully saturated rings. The Labute approximate surface area is 211 Å². The lowest BCUT2D eigenvalue weighted by Gasteiger charge is -2.39. The number of fused-ring (bicyclic) bond motifs is 1. The summed E-state index contributed by atoms with van der Waals surface area (Å²) in [6, 6.07) is 19.6. The zero-order valence-electron chi connectivity index (χ0n) is 21.9. The first-order valence-electron chi connectivity index (χ1n) is 13.1. The maximum atomic E-state index is 13.6. The fourth-order valence-electron chi connectivity index (χ4n) is 6.25. The lowest BCUT2D eigenvalue weighted by molar-refractivity contribution is 0.120. The van der Waals surface area contributed by atoms with Crippen molar-refractivity contribution in [2.75, 3.05) is 18.4 Å². The van der Waals surface area contributed by atoms with E-state index < -0.39 is 0 Å². The second-order valence-electron chi connectivity index (χ2n) is 11.1. The van der Waals surface area contributed by atoms with Crippen LogP contribution >= 0.6 is 0 Å². The van der Waals surface area contributed by atoms with Crippen molar-refractivity contribution in [1.82, 2.24) is 9.80 Å². The molecule has 0 heterocycles. The van der Waals surface area contributed by atoms with Crippen LogP contribution < -0.4 is 5.32 Å². The minimum absolute atomic E-state index is 0.00712. The SMILES string of the molecule is Cc1cccc(NC(=O)N(CCN(C(C)C)C(C)C)[C@@H]2CC[C@]3(c4cccc(C#N)c4)CC3C2)c1. The molecule has 2 aliphatic rings. The van der Waals surface area contributed by atoms with Crippen LogP contribution in [0, 0.1) is 24.2 Å². The van der Waals surface area contributed by atoms with Gasteiger partial charge in [-0.1, -0.05) is 24.3 Å². The fourth-order valence-corrected chi connectivity index (χ4v) is 6.25. The highest BCUT2D eigenvalue weighted by Gasteiger charge is 2.58. The molecule has 2 aromatic carbocycles. The quantitative estimate of drug-likeness (QED) is 0.488.